The summed E-state index contributed by atoms with van der Waals surface area (Å²) in [5.41, 5.74) is 4.79. The van der Waals surface area contributed by atoms with E-state index < -0.39 is 5.97 Å². The maximum Gasteiger partial charge on any atom is 0.366 e. The van der Waals surface area contributed by atoms with Crippen molar-refractivity contribution in [1.82, 2.24) is 10.3 Å². The smallest absolute Gasteiger partial charge is 0.366 e. The molecule has 5 nitrogen and oxygen atoms in total. The van der Waals surface area contributed by atoms with Gasteiger partial charge in [-0.2, -0.15) is 5.90 Å². The highest BCUT2D eigenvalue weighted by atomic mass is 32.1. The number of nitrogens with one attached hydrogen (secondary N) is 2. The monoisotopic (exact) mass is 391 g/mol. The summed E-state index contributed by atoms with van der Waals surface area (Å²) >= 11 is 1.38. The van der Waals surface area contributed by atoms with Gasteiger partial charge in [0.2, 0.25) is 0 Å². The fourth-order valence-electron chi connectivity index (χ4n) is 3.29. The minimum Gasteiger partial charge on any atom is -0.369 e. The Labute approximate surface area is 167 Å². The number of rotatable bonds is 7. The number of hydrogen-bond donors (Lipinski definition) is 3. The summed E-state index contributed by atoms with van der Waals surface area (Å²) in [6.07, 6.45) is 3.06. The molecule has 0 fully saturated rings. The third-order valence-electron chi connectivity index (χ3n) is 4.70. The van der Waals surface area contributed by atoms with Gasteiger partial charge in [0.1, 0.15) is 4.88 Å². The van der Waals surface area contributed by atoms with Gasteiger partial charge in [0.25, 0.3) is 0 Å². The van der Waals surface area contributed by atoms with Crippen LogP contribution >= 0.6 is 11.3 Å². The van der Waals surface area contributed by atoms with Crippen LogP contribution in [0.4, 0.5) is 0 Å². The van der Waals surface area contributed by atoms with Crippen LogP contribution in [0, 0.1) is 0 Å². The lowest BCUT2D eigenvalue weighted by molar-refractivity contribution is 0.0509. The number of aromatic nitrogens is 1. The second kappa shape index (κ2) is 8.39. The predicted molar refractivity (Wildman–Crippen MR) is 113 cm³/mol. The van der Waals surface area contributed by atoms with E-state index >= 15 is 0 Å². The molecule has 0 saturated heterocycles. The molecule has 0 atom stereocenters. The van der Waals surface area contributed by atoms with Gasteiger partial charge >= 0.3 is 5.97 Å². The highest BCUT2D eigenvalue weighted by Crippen LogP contribution is 2.29. The Morgan fingerprint density at radius 3 is 2.89 bits per heavy atom. The maximum absolute atomic E-state index is 11.5. The molecular formula is C22H21N3O2S. The van der Waals surface area contributed by atoms with Crippen molar-refractivity contribution < 1.29 is 9.63 Å². The van der Waals surface area contributed by atoms with E-state index in [1.165, 1.54) is 33.4 Å². The van der Waals surface area contributed by atoms with E-state index in [2.05, 4.69) is 51.7 Å². The van der Waals surface area contributed by atoms with E-state index in [0.29, 0.717) is 4.88 Å². The van der Waals surface area contributed by atoms with Crippen LogP contribution in [-0.4, -0.2) is 17.5 Å². The van der Waals surface area contributed by atoms with Gasteiger partial charge in [0.15, 0.2) is 0 Å². The first kappa shape index (κ1) is 18.4. The lowest BCUT2D eigenvalue weighted by Gasteiger charge is -2.06. The van der Waals surface area contributed by atoms with Crippen LogP contribution in [0.3, 0.4) is 0 Å². The van der Waals surface area contributed by atoms with Gasteiger partial charge in [-0.05, 0) is 53.9 Å². The van der Waals surface area contributed by atoms with Gasteiger partial charge in [-0.1, -0.05) is 36.4 Å². The Morgan fingerprint density at radius 2 is 2.00 bits per heavy atom. The average Bonchev–Trinajstić information content (AvgIpc) is 3.39. The summed E-state index contributed by atoms with van der Waals surface area (Å²) in [5.74, 6) is 4.45. The van der Waals surface area contributed by atoms with Crippen molar-refractivity contribution >= 4 is 28.2 Å². The minimum absolute atomic E-state index is 0.500. The van der Waals surface area contributed by atoms with Crippen LogP contribution in [0.15, 0.2) is 66.9 Å². The first-order valence-electron chi connectivity index (χ1n) is 9.10. The fourth-order valence-corrected chi connectivity index (χ4v) is 4.17. The first-order chi connectivity index (χ1) is 13.7. The number of hydrogen-bond acceptors (Lipinski definition) is 5. The zero-order valence-electron chi connectivity index (χ0n) is 15.3. The third-order valence-corrected chi connectivity index (χ3v) is 5.82. The molecule has 28 heavy (non-hydrogen) atoms. The minimum atomic E-state index is -0.508. The molecule has 0 spiro atoms. The Balaban J connectivity index is 1.36. The topological polar surface area (TPSA) is 80.1 Å². The van der Waals surface area contributed by atoms with Crippen molar-refractivity contribution in [3.05, 3.63) is 82.9 Å². The molecule has 6 heteroatoms. The number of fused-ring (bicyclic) bond motifs is 1. The van der Waals surface area contributed by atoms with Crippen molar-refractivity contribution in [2.45, 2.75) is 13.0 Å². The number of nitrogens with two attached hydrogens (primary N) is 1. The maximum atomic E-state index is 11.5. The molecule has 2 aromatic carbocycles. The first-order valence-corrected chi connectivity index (χ1v) is 9.92. The van der Waals surface area contributed by atoms with Crippen molar-refractivity contribution in [1.29, 1.82) is 0 Å². The lowest BCUT2D eigenvalue weighted by Crippen LogP contribution is -2.16. The molecular weight excluding hydrogens is 370 g/mol. The molecule has 0 aliphatic heterocycles. The van der Waals surface area contributed by atoms with Crippen molar-refractivity contribution in [3.8, 4) is 10.4 Å². The number of aromatic amines is 1. The van der Waals surface area contributed by atoms with Crippen LogP contribution < -0.4 is 11.2 Å². The second-order valence-electron chi connectivity index (χ2n) is 6.56. The van der Waals surface area contributed by atoms with Crippen LogP contribution in [0.1, 0.15) is 20.8 Å². The Kier molecular flexibility index (Phi) is 5.53. The summed E-state index contributed by atoms with van der Waals surface area (Å²) in [7, 11) is 0. The van der Waals surface area contributed by atoms with Crippen molar-refractivity contribution in [2.24, 2.45) is 5.90 Å². The van der Waals surface area contributed by atoms with E-state index in [-0.39, 0.29) is 0 Å². The molecule has 2 aromatic heterocycles. The molecule has 0 unspecified atom stereocenters. The van der Waals surface area contributed by atoms with Gasteiger partial charge in [-0.3, -0.25) is 0 Å². The summed E-state index contributed by atoms with van der Waals surface area (Å²) in [6, 6.07) is 20.3. The van der Waals surface area contributed by atoms with Crippen molar-refractivity contribution in [3.63, 3.8) is 0 Å². The molecule has 0 saturated carbocycles. The number of carbonyl (C=O) groups is 1. The Hall–Kier alpha value is -2.93. The normalized spacial score (nSPS) is 11.0. The largest absolute Gasteiger partial charge is 0.369 e. The van der Waals surface area contributed by atoms with Crippen LogP contribution in [0.5, 0.6) is 0 Å². The predicted octanol–water partition coefficient (Wildman–Crippen LogP) is 4.26. The number of H-pyrrole nitrogens is 1. The zero-order valence-corrected chi connectivity index (χ0v) is 16.1. The molecule has 0 bridgehead atoms. The molecule has 4 aromatic rings. The second-order valence-corrected chi connectivity index (χ2v) is 7.64. The molecule has 4 rings (SSSR count). The van der Waals surface area contributed by atoms with Gasteiger partial charge in [0.05, 0.1) is 0 Å². The van der Waals surface area contributed by atoms with Crippen molar-refractivity contribution in [2.75, 3.05) is 6.54 Å². The van der Waals surface area contributed by atoms with E-state index in [0.717, 1.165) is 30.0 Å². The van der Waals surface area contributed by atoms with Gasteiger partial charge in [-0.25, -0.2) is 4.79 Å². The summed E-state index contributed by atoms with van der Waals surface area (Å²) in [4.78, 5) is 20.7. The number of para-hydroxylation sites is 1. The summed E-state index contributed by atoms with van der Waals surface area (Å²) < 4.78 is 0. The Bertz CT molecular complexity index is 1100. The van der Waals surface area contributed by atoms with Crippen LogP contribution in [0.2, 0.25) is 0 Å². The lowest BCUT2D eigenvalue weighted by atomic mass is 10.1. The molecule has 0 aliphatic rings. The van der Waals surface area contributed by atoms with E-state index in [1.54, 1.807) is 6.07 Å². The zero-order chi connectivity index (χ0) is 19.3. The van der Waals surface area contributed by atoms with Gasteiger partial charge in [-0.15, -0.1) is 11.3 Å². The molecule has 4 N–H and O–H groups in total. The number of thiophene rings is 1. The highest BCUT2D eigenvalue weighted by molar-refractivity contribution is 7.17. The van der Waals surface area contributed by atoms with Gasteiger partial charge in [0, 0.05) is 28.5 Å². The fraction of sp³-hybridized carbons (Fsp3) is 0.136. The van der Waals surface area contributed by atoms with E-state index in [9.17, 15) is 4.79 Å². The third kappa shape index (κ3) is 3.99. The molecule has 2 heterocycles. The number of benzene rings is 2. The van der Waals surface area contributed by atoms with Crippen LogP contribution in [-0.2, 0) is 17.8 Å². The summed E-state index contributed by atoms with van der Waals surface area (Å²) in [5, 5.41) is 4.80. The molecule has 0 radical (unpaired) electrons. The van der Waals surface area contributed by atoms with E-state index in [1.807, 2.05) is 24.3 Å². The van der Waals surface area contributed by atoms with Gasteiger partial charge < -0.3 is 15.1 Å². The SMILES string of the molecule is NOC(=O)c1ccc(-c2cccc(CNCCc3c[nH]c4ccccc34)c2)s1. The molecule has 0 aliphatic carbocycles. The van der Waals surface area contributed by atoms with Crippen LogP contribution in [0.25, 0.3) is 21.3 Å². The average molecular weight is 391 g/mol. The Morgan fingerprint density at radius 1 is 1.11 bits per heavy atom. The molecule has 142 valence electrons. The molecule has 0 amide bonds. The quantitative estimate of drug-likeness (QED) is 0.325. The van der Waals surface area contributed by atoms with E-state index in [4.69, 9.17) is 5.90 Å². The highest BCUT2D eigenvalue weighted by Gasteiger charge is 2.11. The standard InChI is InChI=1S/C22H21N3O2S/c23-27-22(26)21-9-8-20(28-21)16-5-3-4-15(12-16)13-24-11-10-17-14-25-19-7-2-1-6-18(17)19/h1-9,12,14,24-25H,10-11,13,23H2. The summed E-state index contributed by atoms with van der Waals surface area (Å²) in [6.45, 7) is 1.69. The number of carbonyl (C=O) groups excluding carboxylic acids is 1.